The zero-order valence-corrected chi connectivity index (χ0v) is 47.1. The predicted molar refractivity (Wildman–Crippen MR) is 310 cm³/mol. The van der Waals surface area contributed by atoms with E-state index >= 15 is 0 Å². The summed E-state index contributed by atoms with van der Waals surface area (Å²) in [6.45, 7) is 0.395. The van der Waals surface area contributed by atoms with Gasteiger partial charge in [0, 0.05) is 0 Å². The van der Waals surface area contributed by atoms with E-state index in [2.05, 4.69) is 267 Å². The van der Waals surface area contributed by atoms with Gasteiger partial charge in [-0.25, -0.2) is 0 Å². The van der Waals surface area contributed by atoms with Crippen LogP contribution in [0.5, 0.6) is 0 Å². The molecular formula is C67H55Cl2O2Si2Zr. The topological polar surface area (TPSA) is 18.5 Å². The van der Waals surface area contributed by atoms with E-state index in [0.29, 0.717) is 19.4 Å². The molecule has 2 aliphatic carbocycles. The van der Waals surface area contributed by atoms with Gasteiger partial charge in [-0.1, -0.05) is 0 Å². The summed E-state index contributed by atoms with van der Waals surface area (Å²) in [5.41, 5.74) is 12.4. The zero-order valence-electron chi connectivity index (χ0n) is 41.1. The fourth-order valence-corrected chi connectivity index (χ4v) is 26.1. The quantitative estimate of drug-likeness (QED) is 0.0668. The van der Waals surface area contributed by atoms with Gasteiger partial charge in [-0.05, 0) is 0 Å². The van der Waals surface area contributed by atoms with Gasteiger partial charge in [0.1, 0.15) is 0 Å². The van der Waals surface area contributed by atoms with Crippen molar-refractivity contribution in [3.8, 4) is 22.3 Å². The van der Waals surface area contributed by atoms with Crippen molar-refractivity contribution in [1.29, 1.82) is 0 Å². The van der Waals surface area contributed by atoms with Gasteiger partial charge in [0.25, 0.3) is 0 Å². The first-order chi connectivity index (χ1) is 36.5. The molecule has 0 heterocycles. The molecule has 74 heavy (non-hydrogen) atoms. The summed E-state index contributed by atoms with van der Waals surface area (Å²) in [7, 11) is 8.79. The van der Waals surface area contributed by atoms with Gasteiger partial charge in [0.2, 0.25) is 0 Å². The number of hydrogen-bond acceptors (Lipinski definition) is 2. The van der Waals surface area contributed by atoms with Crippen molar-refractivity contribution in [2.75, 3.05) is 6.61 Å². The summed E-state index contributed by atoms with van der Waals surface area (Å²) >= 11 is -3.38. The zero-order chi connectivity index (χ0) is 50.0. The van der Waals surface area contributed by atoms with E-state index in [-0.39, 0.29) is 0 Å². The van der Waals surface area contributed by atoms with Crippen molar-refractivity contribution in [2.45, 2.75) is 34.9 Å². The first kappa shape index (κ1) is 48.9. The Morgan fingerprint density at radius 2 is 0.703 bits per heavy atom. The summed E-state index contributed by atoms with van der Waals surface area (Å²) in [5, 5.41) is 7.09. The molecule has 1 atom stereocenters. The van der Waals surface area contributed by atoms with Crippen molar-refractivity contribution in [1.82, 2.24) is 0 Å². The van der Waals surface area contributed by atoms with Crippen molar-refractivity contribution in [3.05, 3.63) is 300 Å². The molecule has 0 N–H and O–H groups in total. The molecule has 0 aliphatic heterocycles. The number of halogens is 2. The normalized spacial score (nSPS) is 13.1. The van der Waals surface area contributed by atoms with Gasteiger partial charge < -0.3 is 0 Å². The minimum atomic E-state index is -3.38. The van der Waals surface area contributed by atoms with Gasteiger partial charge in [-0.15, -0.1) is 0 Å². The second-order valence-corrected chi connectivity index (χ2v) is 35.4. The Bertz CT molecular complexity index is 3240. The monoisotopic (exact) mass is 1110 g/mol. The van der Waals surface area contributed by atoms with Crippen LogP contribution >= 0.6 is 17.0 Å². The van der Waals surface area contributed by atoms with Crippen LogP contribution in [0.3, 0.4) is 0 Å². The standard InChI is InChI=1S/C67H55O2Si2.2ClH.Zr/c1-7-28-53(29-8-1)70(54-30-9-2-10-31-54,55-32-11-3-12-33-55)68-47-25-46-67(65-44-23-42-61-59-40-21-19-26-51(59)48-63(61)65,66-45-24-43-62-60-41-22-20-27-52(60)49-64(62)66)50-69-71(56-34-13-4-14-35-56,57-36-15-5-16-37-57)58-38-17-6-18-39-58;;;/h1-24,26-45,47H,25,46,48-50H2;2*1H;/q;;;+2/p-2. The summed E-state index contributed by atoms with van der Waals surface area (Å²) in [6.07, 6.45) is 2.95. The molecule has 0 radical (unpaired) electrons. The van der Waals surface area contributed by atoms with Gasteiger partial charge in [-0.3, -0.25) is 0 Å². The first-order valence-electron chi connectivity index (χ1n) is 25.7. The molecule has 7 heteroatoms. The average molecular weight is 1110 g/mol. The Hall–Kier alpha value is -5.98. The van der Waals surface area contributed by atoms with E-state index in [9.17, 15) is 0 Å². The molecule has 361 valence electrons. The fourth-order valence-electron chi connectivity index (χ4n) is 12.4. The third-order valence-corrected chi connectivity index (χ3v) is 29.5. The SMILES string of the molecule is [Cl][Zr]([Cl])[CH](CCC(CO[Si](c1ccccc1)(c1ccccc1)c1ccccc1)(c1cccc2c1Cc1ccccc1-2)c1cccc2c1Cc1ccccc1-2)O[Si](c1ccccc1)(c1ccccc1)c1ccccc1. The Morgan fingerprint density at radius 3 is 1.07 bits per heavy atom. The molecule has 0 aromatic heterocycles. The number of fused-ring (bicyclic) bond motifs is 6. The molecule has 12 rings (SSSR count). The van der Waals surface area contributed by atoms with Crippen molar-refractivity contribution in [2.24, 2.45) is 0 Å². The van der Waals surface area contributed by atoms with E-state index in [1.807, 2.05) is 0 Å². The second kappa shape index (κ2) is 21.3. The molecule has 1 unspecified atom stereocenters. The van der Waals surface area contributed by atoms with E-state index < -0.39 is 45.2 Å². The van der Waals surface area contributed by atoms with Crippen LogP contribution in [0.1, 0.15) is 46.2 Å². The summed E-state index contributed by atoms with van der Waals surface area (Å²) < 4.78 is 16.1. The maximum atomic E-state index is 8.39. The van der Waals surface area contributed by atoms with Crippen LogP contribution in [0.4, 0.5) is 0 Å². The summed E-state index contributed by atoms with van der Waals surface area (Å²) in [6, 6.07) is 97.5. The molecule has 2 nitrogen and oxygen atoms in total. The van der Waals surface area contributed by atoms with E-state index in [1.165, 1.54) is 71.2 Å². The van der Waals surface area contributed by atoms with E-state index in [0.717, 1.165) is 28.4 Å². The summed E-state index contributed by atoms with van der Waals surface area (Å²) in [5.74, 6) is 0. The number of rotatable bonds is 17. The van der Waals surface area contributed by atoms with Crippen LogP contribution in [0, 0.1) is 0 Å². The third-order valence-electron chi connectivity index (χ3n) is 15.7. The van der Waals surface area contributed by atoms with Gasteiger partial charge in [-0.2, -0.15) is 0 Å². The number of hydrogen-bond donors (Lipinski definition) is 0. The molecule has 0 amide bonds. The Labute approximate surface area is 453 Å². The average Bonchev–Trinajstić information content (AvgIpc) is 4.06. The molecular weight excluding hydrogens is 1060 g/mol. The molecule has 0 fully saturated rings. The molecule has 0 spiro atoms. The molecule has 0 bridgehead atoms. The van der Waals surface area contributed by atoms with Gasteiger partial charge in [0.05, 0.1) is 0 Å². The van der Waals surface area contributed by atoms with E-state index in [4.69, 9.17) is 25.9 Å². The molecule has 10 aromatic carbocycles. The van der Waals surface area contributed by atoms with Crippen LogP contribution in [0.25, 0.3) is 22.3 Å². The van der Waals surface area contributed by atoms with E-state index in [1.54, 1.807) is 0 Å². The first-order valence-corrected chi connectivity index (χ1v) is 37.3. The van der Waals surface area contributed by atoms with Crippen molar-refractivity contribution < 1.29 is 28.2 Å². The fraction of sp³-hybridized carbons (Fsp3) is 0.104. The van der Waals surface area contributed by atoms with Crippen molar-refractivity contribution in [3.63, 3.8) is 0 Å². The third kappa shape index (κ3) is 8.81. The Balaban J connectivity index is 1.10. The van der Waals surface area contributed by atoms with Crippen LogP contribution in [-0.4, -0.2) is 27.1 Å². The summed E-state index contributed by atoms with van der Waals surface area (Å²) in [4.78, 5) is 0. The minimum absolute atomic E-state index is 0.394. The second-order valence-electron chi connectivity index (χ2n) is 19.7. The van der Waals surface area contributed by atoms with Gasteiger partial charge in [0.15, 0.2) is 0 Å². The Morgan fingerprint density at radius 1 is 0.378 bits per heavy atom. The molecule has 10 aromatic rings. The molecule has 0 saturated heterocycles. The van der Waals surface area contributed by atoms with Crippen LogP contribution in [0.2, 0.25) is 0 Å². The van der Waals surface area contributed by atoms with Crippen LogP contribution < -0.4 is 31.1 Å². The predicted octanol–water partition coefficient (Wildman–Crippen LogP) is 12.5. The maximum absolute atomic E-state index is 8.39. The number of benzene rings is 10. The molecule has 0 saturated carbocycles. The van der Waals surface area contributed by atoms with Crippen molar-refractivity contribution >= 4 is 64.8 Å². The van der Waals surface area contributed by atoms with Crippen LogP contribution in [0.15, 0.2) is 267 Å². The van der Waals surface area contributed by atoms with Crippen LogP contribution in [-0.2, 0) is 46.5 Å². The Kier molecular flexibility index (Phi) is 14.1. The van der Waals surface area contributed by atoms with Gasteiger partial charge >= 0.3 is 457 Å². The molecule has 2 aliphatic rings.